The Morgan fingerprint density at radius 1 is 0.897 bits per heavy atom. The molecule has 9 nitrogen and oxygen atoms in total. The summed E-state index contributed by atoms with van der Waals surface area (Å²) in [5.74, 6) is 0.655. The average Bonchev–Trinajstić information content (AvgIpc) is 3.77. The summed E-state index contributed by atoms with van der Waals surface area (Å²) in [6, 6.07) is 14.3. The van der Waals surface area contributed by atoms with Crippen LogP contribution in [0.15, 0.2) is 73.4 Å². The molecule has 0 saturated carbocycles. The second-order valence-corrected chi connectivity index (χ2v) is 10.3. The van der Waals surface area contributed by atoms with E-state index in [1.807, 2.05) is 28.9 Å². The molecule has 8 rings (SSSR count). The summed E-state index contributed by atoms with van der Waals surface area (Å²) in [5, 5.41) is 12.6. The summed E-state index contributed by atoms with van der Waals surface area (Å²) >= 11 is 0. The molecular formula is C29H24FN9. The van der Waals surface area contributed by atoms with Gasteiger partial charge in [0, 0.05) is 66.5 Å². The fourth-order valence-corrected chi connectivity index (χ4v) is 6.20. The van der Waals surface area contributed by atoms with Gasteiger partial charge in [-0.25, -0.2) is 18.9 Å². The van der Waals surface area contributed by atoms with E-state index in [0.717, 1.165) is 52.5 Å². The Morgan fingerprint density at radius 3 is 2.56 bits per heavy atom. The summed E-state index contributed by atoms with van der Waals surface area (Å²) in [4.78, 5) is 18.6. The van der Waals surface area contributed by atoms with E-state index in [1.165, 1.54) is 12.5 Å². The van der Waals surface area contributed by atoms with E-state index in [4.69, 9.17) is 15.1 Å². The highest BCUT2D eigenvalue weighted by molar-refractivity contribution is 6.03. The Kier molecular flexibility index (Phi) is 4.80. The predicted octanol–water partition coefficient (Wildman–Crippen LogP) is 4.43. The molecular weight excluding hydrogens is 493 g/mol. The molecule has 6 aromatic rings. The maximum absolute atomic E-state index is 14.5. The Balaban J connectivity index is 1.29. The zero-order valence-corrected chi connectivity index (χ0v) is 21.2. The second-order valence-electron chi connectivity index (χ2n) is 10.3. The first-order chi connectivity index (χ1) is 19.2. The molecule has 1 N–H and O–H groups in total. The number of aromatic nitrogens is 7. The third kappa shape index (κ3) is 3.38. The van der Waals surface area contributed by atoms with Gasteiger partial charge in [-0.2, -0.15) is 10.2 Å². The first-order valence-electron chi connectivity index (χ1n) is 13.0. The number of nitrogens with zero attached hydrogens (tertiary/aromatic N) is 8. The number of likely N-dealkylation sites (tertiary alicyclic amines) is 1. The molecule has 0 aliphatic carbocycles. The van der Waals surface area contributed by atoms with E-state index in [1.54, 1.807) is 30.9 Å². The van der Waals surface area contributed by atoms with Gasteiger partial charge in [0.25, 0.3) is 0 Å². The molecule has 1 aromatic carbocycles. The van der Waals surface area contributed by atoms with Crippen molar-refractivity contribution in [3.05, 3.63) is 79.3 Å². The summed E-state index contributed by atoms with van der Waals surface area (Å²) in [6.07, 6.45) is 10.0. The molecule has 2 aliphatic rings. The molecule has 10 heteroatoms. The van der Waals surface area contributed by atoms with Gasteiger partial charge >= 0.3 is 0 Å². The van der Waals surface area contributed by atoms with Gasteiger partial charge in [0.05, 0.1) is 17.5 Å². The Bertz CT molecular complexity index is 1840. The van der Waals surface area contributed by atoms with E-state index in [9.17, 15) is 4.39 Å². The number of anilines is 1. The zero-order chi connectivity index (χ0) is 26.1. The van der Waals surface area contributed by atoms with E-state index in [2.05, 4.69) is 44.2 Å². The molecule has 0 radical (unpaired) electrons. The number of likely N-dealkylation sites (N-methyl/N-ethyl adjacent to an activating group) is 1. The van der Waals surface area contributed by atoms with Crippen molar-refractivity contribution in [2.45, 2.75) is 18.5 Å². The van der Waals surface area contributed by atoms with Gasteiger partial charge in [-0.15, -0.1) is 0 Å². The van der Waals surface area contributed by atoms with Crippen LogP contribution in [0.4, 0.5) is 10.2 Å². The summed E-state index contributed by atoms with van der Waals surface area (Å²) in [7, 11) is 2.20. The lowest BCUT2D eigenvalue weighted by Crippen LogP contribution is -2.44. The Morgan fingerprint density at radius 2 is 1.79 bits per heavy atom. The fourth-order valence-electron chi connectivity index (χ4n) is 6.20. The molecule has 2 bridgehead atoms. The van der Waals surface area contributed by atoms with E-state index >= 15 is 0 Å². The van der Waals surface area contributed by atoms with Crippen LogP contribution in [0.25, 0.3) is 50.2 Å². The zero-order valence-electron chi connectivity index (χ0n) is 21.2. The summed E-state index contributed by atoms with van der Waals surface area (Å²) < 4.78 is 16.4. The number of piperazine rings is 1. The molecule has 5 aromatic heterocycles. The monoisotopic (exact) mass is 517 g/mol. The number of aromatic amines is 1. The molecule has 192 valence electrons. The normalized spacial score (nSPS) is 19.1. The van der Waals surface area contributed by atoms with Crippen molar-refractivity contribution < 1.29 is 4.39 Å². The number of benzene rings is 1. The molecule has 2 unspecified atom stereocenters. The summed E-state index contributed by atoms with van der Waals surface area (Å²) in [6.45, 7) is 2.10. The number of H-pyrrole nitrogens is 1. The lowest BCUT2D eigenvalue weighted by molar-refractivity contribution is 0.292. The highest BCUT2D eigenvalue weighted by Crippen LogP contribution is 2.40. The second kappa shape index (κ2) is 8.40. The molecule has 2 saturated heterocycles. The topological polar surface area (TPSA) is 91.1 Å². The number of hydrogen-bond acceptors (Lipinski definition) is 7. The fraction of sp³-hybridized carbons (Fsp3) is 0.207. The number of pyridine rings is 2. The van der Waals surface area contributed by atoms with Crippen LogP contribution in [-0.4, -0.2) is 71.9 Å². The third-order valence-corrected chi connectivity index (χ3v) is 8.16. The lowest BCUT2D eigenvalue weighted by Gasteiger charge is -2.32. The minimum absolute atomic E-state index is 0.352. The van der Waals surface area contributed by atoms with Crippen LogP contribution >= 0.6 is 0 Å². The summed E-state index contributed by atoms with van der Waals surface area (Å²) in [5.41, 5.74) is 6.05. The smallest absolute Gasteiger partial charge is 0.164 e. The molecule has 2 aliphatic heterocycles. The van der Waals surface area contributed by atoms with Crippen molar-refractivity contribution in [2.75, 3.05) is 25.0 Å². The first-order valence-corrected chi connectivity index (χ1v) is 13.0. The molecule has 2 atom stereocenters. The molecule has 7 heterocycles. The van der Waals surface area contributed by atoms with Gasteiger partial charge in [-0.1, -0.05) is 6.07 Å². The standard InChI is InChI=1S/C29H24FN9/c1-37-15-20-12-19(37)16-38(20)25-5-2-18(13-33-25)24-8-11-32-29-26(21-3-4-23(30)28-22(21)14-34-35-28)27(36-39(24)29)17-6-9-31-10-7-17/h2-11,13-14,19-20H,12,15-16H2,1H3,(H,34,35). The Labute approximate surface area is 223 Å². The number of nitrogens with one attached hydrogen (secondary N) is 1. The predicted molar refractivity (Wildman–Crippen MR) is 147 cm³/mol. The van der Waals surface area contributed by atoms with Gasteiger partial charge in [0.1, 0.15) is 22.8 Å². The van der Waals surface area contributed by atoms with E-state index in [0.29, 0.717) is 28.6 Å². The van der Waals surface area contributed by atoms with Crippen molar-refractivity contribution >= 4 is 22.4 Å². The van der Waals surface area contributed by atoms with Gasteiger partial charge < -0.3 is 4.90 Å². The van der Waals surface area contributed by atoms with Gasteiger partial charge in [0.2, 0.25) is 0 Å². The van der Waals surface area contributed by atoms with Crippen LogP contribution in [0, 0.1) is 5.82 Å². The maximum atomic E-state index is 14.5. The third-order valence-electron chi connectivity index (χ3n) is 8.16. The van der Waals surface area contributed by atoms with Crippen LogP contribution in [-0.2, 0) is 0 Å². The van der Waals surface area contributed by atoms with Gasteiger partial charge in [0.15, 0.2) is 5.65 Å². The SMILES string of the molecule is CN1CC2CC1CN2c1ccc(-c2ccnc3c(-c4ccc(F)c5[nH]ncc45)c(-c4ccncc4)nn23)cn1. The van der Waals surface area contributed by atoms with E-state index < -0.39 is 0 Å². The number of rotatable bonds is 4. The minimum Gasteiger partial charge on any atom is -0.351 e. The number of hydrogen-bond donors (Lipinski definition) is 1. The highest BCUT2D eigenvalue weighted by Gasteiger charge is 2.41. The number of halogens is 1. The molecule has 0 spiro atoms. The molecule has 39 heavy (non-hydrogen) atoms. The maximum Gasteiger partial charge on any atom is 0.164 e. The van der Waals surface area contributed by atoms with Crippen LogP contribution in [0.5, 0.6) is 0 Å². The molecule has 0 amide bonds. The van der Waals surface area contributed by atoms with Crippen LogP contribution in [0.2, 0.25) is 0 Å². The van der Waals surface area contributed by atoms with Crippen molar-refractivity contribution in [3.8, 4) is 33.6 Å². The van der Waals surface area contributed by atoms with Crippen LogP contribution < -0.4 is 4.90 Å². The number of fused-ring (bicyclic) bond motifs is 4. The average molecular weight is 518 g/mol. The minimum atomic E-state index is -0.356. The first kappa shape index (κ1) is 22.3. The van der Waals surface area contributed by atoms with Crippen molar-refractivity contribution in [2.24, 2.45) is 0 Å². The van der Waals surface area contributed by atoms with Crippen molar-refractivity contribution in [1.29, 1.82) is 0 Å². The van der Waals surface area contributed by atoms with Crippen molar-refractivity contribution in [3.63, 3.8) is 0 Å². The molecule has 2 fully saturated rings. The van der Waals surface area contributed by atoms with Crippen LogP contribution in [0.3, 0.4) is 0 Å². The van der Waals surface area contributed by atoms with Gasteiger partial charge in [-0.3, -0.25) is 15.0 Å². The Hall–Kier alpha value is -4.70. The van der Waals surface area contributed by atoms with Crippen LogP contribution in [0.1, 0.15) is 6.42 Å². The van der Waals surface area contributed by atoms with Crippen molar-refractivity contribution in [1.82, 2.24) is 39.7 Å². The lowest BCUT2D eigenvalue weighted by atomic mass is 9.98. The highest BCUT2D eigenvalue weighted by atomic mass is 19.1. The van der Waals surface area contributed by atoms with Gasteiger partial charge in [-0.05, 0) is 55.4 Å². The largest absolute Gasteiger partial charge is 0.351 e. The van der Waals surface area contributed by atoms with E-state index in [-0.39, 0.29) is 5.82 Å². The quantitative estimate of drug-likeness (QED) is 0.370.